The van der Waals surface area contributed by atoms with Gasteiger partial charge in [-0.05, 0) is 30.7 Å². The van der Waals surface area contributed by atoms with Crippen LogP contribution in [0, 0.1) is 0 Å². The predicted molar refractivity (Wildman–Crippen MR) is 118 cm³/mol. The molecule has 1 aliphatic rings. The van der Waals surface area contributed by atoms with E-state index in [2.05, 4.69) is 10.6 Å². The van der Waals surface area contributed by atoms with E-state index in [-0.39, 0.29) is 28.5 Å². The Labute approximate surface area is 194 Å². The van der Waals surface area contributed by atoms with E-state index in [1.54, 1.807) is 37.3 Å². The Hall–Kier alpha value is -3.41. The maximum atomic E-state index is 12.7. The zero-order valence-corrected chi connectivity index (χ0v) is 18.9. The molecule has 4 N–H and O–H groups in total. The van der Waals surface area contributed by atoms with Crippen LogP contribution in [0.15, 0.2) is 64.7 Å². The Morgan fingerprint density at radius 1 is 1.09 bits per heavy atom. The summed E-state index contributed by atoms with van der Waals surface area (Å²) in [6.45, 7) is 1.23. The number of carbonyl (C=O) groups excluding carboxylic acids is 3. The molecular formula is C21H20ClN3O7S. The van der Waals surface area contributed by atoms with Crippen molar-refractivity contribution < 1.29 is 32.3 Å². The van der Waals surface area contributed by atoms with E-state index in [9.17, 15) is 22.8 Å². The highest BCUT2D eigenvalue weighted by atomic mass is 35.5. The number of nitrogens with one attached hydrogen (secondary N) is 2. The molecule has 2 aromatic carbocycles. The number of primary sulfonamides is 1. The van der Waals surface area contributed by atoms with Crippen molar-refractivity contribution in [3.05, 3.63) is 76.0 Å². The van der Waals surface area contributed by atoms with Crippen molar-refractivity contribution in [2.24, 2.45) is 5.14 Å². The minimum Gasteiger partial charge on any atom is -0.463 e. The molecule has 0 spiro atoms. The Balaban J connectivity index is 1.93. The van der Waals surface area contributed by atoms with Crippen molar-refractivity contribution >= 4 is 39.6 Å². The Morgan fingerprint density at radius 3 is 2.42 bits per heavy atom. The highest BCUT2D eigenvalue weighted by Crippen LogP contribution is 2.28. The summed E-state index contributed by atoms with van der Waals surface area (Å²) >= 11 is 5.83. The lowest BCUT2D eigenvalue weighted by atomic mass is 9.95. The molecule has 12 heteroatoms. The van der Waals surface area contributed by atoms with Crippen LogP contribution in [0.5, 0.6) is 0 Å². The predicted octanol–water partition coefficient (Wildman–Crippen LogP) is 2.02. The summed E-state index contributed by atoms with van der Waals surface area (Å²) in [5.41, 5.74) is 0.577. The quantitative estimate of drug-likeness (QED) is 0.498. The molecule has 0 aromatic heterocycles. The highest BCUT2D eigenvalue weighted by Gasteiger charge is 2.34. The third kappa shape index (κ3) is 5.69. The van der Waals surface area contributed by atoms with E-state index >= 15 is 0 Å². The van der Waals surface area contributed by atoms with Crippen molar-refractivity contribution in [3.8, 4) is 0 Å². The number of hydrogen-bond acceptors (Lipinski definition) is 7. The lowest BCUT2D eigenvalue weighted by Gasteiger charge is -2.29. The second kappa shape index (κ2) is 10.0. The third-order valence-electron chi connectivity index (χ3n) is 4.60. The molecule has 1 unspecified atom stereocenters. The van der Waals surface area contributed by atoms with Gasteiger partial charge in [0, 0.05) is 0 Å². The SMILES string of the molecule is CCOC(=O)C1=C(COC(=O)c2ccc(Cl)c(S(N)(=O)=O)c2)NC(=O)NC1c1ccccc1. The summed E-state index contributed by atoms with van der Waals surface area (Å²) < 4.78 is 33.7. The second-order valence-electron chi connectivity index (χ2n) is 6.82. The number of nitrogens with two attached hydrogens (primary N) is 1. The van der Waals surface area contributed by atoms with Gasteiger partial charge in [-0.15, -0.1) is 0 Å². The molecule has 0 radical (unpaired) electrons. The summed E-state index contributed by atoms with van der Waals surface area (Å²) in [5.74, 6) is -1.62. The number of rotatable bonds is 7. The summed E-state index contributed by atoms with van der Waals surface area (Å²) in [7, 11) is -4.17. The lowest BCUT2D eigenvalue weighted by molar-refractivity contribution is -0.139. The van der Waals surface area contributed by atoms with E-state index in [4.69, 9.17) is 26.2 Å². The average Bonchev–Trinajstić information content (AvgIpc) is 2.77. The third-order valence-corrected chi connectivity index (χ3v) is 6.00. The van der Waals surface area contributed by atoms with Crippen molar-refractivity contribution in [3.63, 3.8) is 0 Å². The largest absolute Gasteiger partial charge is 0.463 e. The Morgan fingerprint density at radius 2 is 1.79 bits per heavy atom. The van der Waals surface area contributed by atoms with Crippen molar-refractivity contribution in [1.29, 1.82) is 0 Å². The van der Waals surface area contributed by atoms with Crippen LogP contribution in [0.3, 0.4) is 0 Å². The zero-order valence-electron chi connectivity index (χ0n) is 17.3. The van der Waals surface area contributed by atoms with Gasteiger partial charge in [0.15, 0.2) is 0 Å². The van der Waals surface area contributed by atoms with Gasteiger partial charge >= 0.3 is 18.0 Å². The molecule has 0 saturated carbocycles. The van der Waals surface area contributed by atoms with Gasteiger partial charge in [-0.1, -0.05) is 41.9 Å². The molecule has 2 amide bonds. The molecule has 0 fully saturated rings. The number of esters is 2. The molecule has 0 bridgehead atoms. The first-order chi connectivity index (χ1) is 15.6. The molecule has 1 heterocycles. The zero-order chi connectivity index (χ0) is 24.2. The first-order valence-electron chi connectivity index (χ1n) is 9.64. The number of ether oxygens (including phenoxy) is 2. The van der Waals surface area contributed by atoms with Crippen LogP contribution in [-0.4, -0.2) is 39.6 Å². The van der Waals surface area contributed by atoms with Crippen LogP contribution in [0.25, 0.3) is 0 Å². The topological polar surface area (TPSA) is 154 Å². The number of sulfonamides is 1. The number of amides is 2. The van der Waals surface area contributed by atoms with Crippen molar-refractivity contribution in [1.82, 2.24) is 10.6 Å². The van der Waals surface area contributed by atoms with Gasteiger partial charge in [-0.2, -0.15) is 0 Å². The summed E-state index contributed by atoms with van der Waals surface area (Å²) in [5, 5.41) is 10.1. The van der Waals surface area contributed by atoms with E-state index in [1.807, 2.05) is 0 Å². The molecule has 33 heavy (non-hydrogen) atoms. The maximum absolute atomic E-state index is 12.7. The van der Waals surface area contributed by atoms with Crippen LogP contribution in [0.1, 0.15) is 28.9 Å². The molecule has 0 saturated heterocycles. The summed E-state index contributed by atoms with van der Waals surface area (Å²) in [4.78, 5) is 37.0. The lowest BCUT2D eigenvalue weighted by Crippen LogP contribution is -2.47. The molecule has 10 nitrogen and oxygen atoms in total. The van der Waals surface area contributed by atoms with Crippen LogP contribution in [-0.2, 0) is 24.3 Å². The van der Waals surface area contributed by atoms with E-state index in [1.165, 1.54) is 12.1 Å². The van der Waals surface area contributed by atoms with Gasteiger partial charge in [0.05, 0.1) is 34.5 Å². The summed E-state index contributed by atoms with van der Waals surface area (Å²) in [6.07, 6.45) is 0. The van der Waals surface area contributed by atoms with E-state index in [0.29, 0.717) is 5.56 Å². The molecule has 3 rings (SSSR count). The summed E-state index contributed by atoms with van der Waals surface area (Å²) in [6, 6.07) is 10.7. The molecule has 1 aliphatic heterocycles. The van der Waals surface area contributed by atoms with E-state index in [0.717, 1.165) is 6.07 Å². The fourth-order valence-corrected chi connectivity index (χ4v) is 4.22. The average molecular weight is 494 g/mol. The molecule has 2 aromatic rings. The molecule has 1 atom stereocenters. The first kappa shape index (κ1) is 24.2. The first-order valence-corrected chi connectivity index (χ1v) is 11.6. The van der Waals surface area contributed by atoms with Crippen LogP contribution < -0.4 is 15.8 Å². The standard InChI is InChI=1S/C21H20ClN3O7S/c1-2-31-20(27)17-15(24-21(28)25-18(17)12-6-4-3-5-7-12)11-32-19(26)13-8-9-14(22)16(10-13)33(23,29)30/h3-10,18H,2,11H2,1H3,(H2,23,29,30)(H2,24,25,28). The molecule has 0 aliphatic carbocycles. The van der Waals surface area contributed by atoms with E-state index < -0.39 is 45.5 Å². The monoisotopic (exact) mass is 493 g/mol. The van der Waals surface area contributed by atoms with Gasteiger partial charge in [0.2, 0.25) is 10.0 Å². The fourth-order valence-electron chi connectivity index (χ4n) is 3.15. The number of hydrogen-bond donors (Lipinski definition) is 3. The second-order valence-corrected chi connectivity index (χ2v) is 8.76. The van der Waals surface area contributed by atoms with Crippen LogP contribution in [0.4, 0.5) is 4.79 Å². The molecule has 174 valence electrons. The smallest absolute Gasteiger partial charge is 0.338 e. The van der Waals surface area contributed by atoms with Crippen molar-refractivity contribution in [2.75, 3.05) is 13.2 Å². The minimum atomic E-state index is -4.17. The number of urea groups is 1. The van der Waals surface area contributed by atoms with Gasteiger partial charge in [0.1, 0.15) is 11.5 Å². The van der Waals surface area contributed by atoms with Crippen molar-refractivity contribution in [2.45, 2.75) is 17.9 Å². The number of halogens is 1. The van der Waals surface area contributed by atoms with Crippen LogP contribution in [0.2, 0.25) is 5.02 Å². The minimum absolute atomic E-state index is 0.0278. The van der Waals surface area contributed by atoms with Gasteiger partial charge in [-0.3, -0.25) is 0 Å². The Bertz CT molecular complexity index is 1230. The van der Waals surface area contributed by atoms with Gasteiger partial charge < -0.3 is 20.1 Å². The number of carbonyl (C=O) groups is 3. The fraction of sp³-hybridized carbons (Fsp3) is 0.190. The highest BCUT2D eigenvalue weighted by molar-refractivity contribution is 7.89. The normalized spacial score (nSPS) is 16.0. The number of benzene rings is 2. The molecular weight excluding hydrogens is 474 g/mol. The van der Waals surface area contributed by atoms with Crippen LogP contribution >= 0.6 is 11.6 Å². The maximum Gasteiger partial charge on any atom is 0.338 e. The van der Waals surface area contributed by atoms with Gasteiger partial charge in [-0.25, -0.2) is 27.9 Å². The van der Waals surface area contributed by atoms with Gasteiger partial charge in [0.25, 0.3) is 0 Å². The Kier molecular flexibility index (Phi) is 7.36.